The van der Waals surface area contributed by atoms with Gasteiger partial charge in [0.1, 0.15) is 0 Å². The highest BCUT2D eigenvalue weighted by Crippen LogP contribution is 2.38. The molecule has 0 unspecified atom stereocenters. The zero-order chi connectivity index (χ0) is 20.5. The van der Waals surface area contributed by atoms with E-state index in [1.165, 1.54) is 0 Å². The molecule has 0 saturated carbocycles. The fourth-order valence-electron chi connectivity index (χ4n) is 3.80. The molecule has 30 heavy (non-hydrogen) atoms. The van der Waals surface area contributed by atoms with Crippen LogP contribution in [-0.2, 0) is 4.79 Å². The molecule has 1 atom stereocenters. The van der Waals surface area contributed by atoms with Crippen LogP contribution >= 0.6 is 11.3 Å². The number of hydrogen-bond donors (Lipinski definition) is 0. The number of carbonyl (C=O) groups is 1. The lowest BCUT2D eigenvalue weighted by Crippen LogP contribution is -2.24. The molecule has 0 spiro atoms. The maximum Gasteiger partial charge on any atom is 0.240 e. The van der Waals surface area contributed by atoms with E-state index in [4.69, 9.17) is 5.10 Å². The van der Waals surface area contributed by atoms with Crippen molar-refractivity contribution in [1.82, 2.24) is 14.8 Å². The van der Waals surface area contributed by atoms with E-state index in [0.717, 1.165) is 33.1 Å². The average molecular weight is 413 g/mol. The van der Waals surface area contributed by atoms with Crippen molar-refractivity contribution >= 4 is 23.0 Å². The molecule has 1 amide bonds. The molecular weight excluding hydrogens is 392 g/mol. The summed E-state index contributed by atoms with van der Waals surface area (Å²) < 4.78 is 1.89. The lowest BCUT2D eigenvalue weighted by Gasteiger charge is -2.20. The van der Waals surface area contributed by atoms with E-state index in [1.807, 2.05) is 70.9 Å². The number of amides is 1. The van der Waals surface area contributed by atoms with Crippen LogP contribution in [0.5, 0.6) is 0 Å². The van der Waals surface area contributed by atoms with Crippen LogP contribution in [-0.4, -0.2) is 26.4 Å². The monoisotopic (exact) mass is 412 g/mol. The predicted molar refractivity (Wildman–Crippen MR) is 120 cm³/mol. The molecular formula is C24H20N4OS. The Morgan fingerprint density at radius 3 is 2.40 bits per heavy atom. The highest BCUT2D eigenvalue weighted by Gasteiger charge is 2.35. The number of rotatable bonds is 4. The Labute approximate surface area is 178 Å². The first-order chi connectivity index (χ1) is 14.7. The van der Waals surface area contributed by atoms with Crippen molar-refractivity contribution in [3.63, 3.8) is 0 Å². The highest BCUT2D eigenvalue weighted by molar-refractivity contribution is 7.12. The zero-order valence-electron chi connectivity index (χ0n) is 16.5. The molecule has 148 valence electrons. The number of carbonyl (C=O) groups excluding carboxylic acids is 1. The fourth-order valence-corrected chi connectivity index (χ4v) is 4.52. The summed E-state index contributed by atoms with van der Waals surface area (Å²) in [4.78, 5) is 13.6. The molecule has 0 fully saturated rings. The van der Waals surface area contributed by atoms with E-state index in [2.05, 4.69) is 23.3 Å². The molecule has 0 N–H and O–H groups in total. The molecule has 3 heterocycles. The van der Waals surface area contributed by atoms with Gasteiger partial charge in [0.15, 0.2) is 0 Å². The third-order valence-electron chi connectivity index (χ3n) is 5.21. The molecule has 5 nitrogen and oxygen atoms in total. The summed E-state index contributed by atoms with van der Waals surface area (Å²) >= 11 is 1.64. The van der Waals surface area contributed by atoms with Gasteiger partial charge < -0.3 is 0 Å². The van der Waals surface area contributed by atoms with Crippen LogP contribution in [0.2, 0.25) is 0 Å². The minimum absolute atomic E-state index is 0.0713. The maximum absolute atomic E-state index is 12.5. The molecule has 0 radical (unpaired) electrons. The van der Waals surface area contributed by atoms with Crippen LogP contribution in [0.4, 0.5) is 0 Å². The van der Waals surface area contributed by atoms with Gasteiger partial charge in [-0.3, -0.25) is 4.79 Å². The molecule has 0 saturated heterocycles. The third-order valence-corrected chi connectivity index (χ3v) is 6.13. The van der Waals surface area contributed by atoms with Crippen molar-refractivity contribution < 1.29 is 4.79 Å². The van der Waals surface area contributed by atoms with Crippen molar-refractivity contribution in [1.29, 1.82) is 0 Å². The Morgan fingerprint density at radius 1 is 1.00 bits per heavy atom. The van der Waals surface area contributed by atoms with Crippen molar-refractivity contribution in [2.75, 3.05) is 0 Å². The number of aromatic nitrogens is 2. The normalized spacial score (nSPS) is 16.0. The quantitative estimate of drug-likeness (QED) is 0.457. The second-order valence-corrected chi connectivity index (χ2v) is 8.13. The molecule has 1 aliphatic rings. The predicted octanol–water partition coefficient (Wildman–Crippen LogP) is 5.30. The largest absolute Gasteiger partial charge is 0.273 e. The Morgan fingerprint density at radius 2 is 1.73 bits per heavy atom. The lowest BCUT2D eigenvalue weighted by molar-refractivity contribution is -0.130. The second kappa shape index (κ2) is 7.72. The van der Waals surface area contributed by atoms with Crippen molar-refractivity contribution in [2.24, 2.45) is 5.10 Å². The topological polar surface area (TPSA) is 50.5 Å². The Bertz CT molecular complexity index is 1200. The number of nitrogens with zero attached hydrogens (tertiary/aromatic N) is 4. The number of hydrogen-bond acceptors (Lipinski definition) is 4. The third kappa shape index (κ3) is 3.35. The summed E-state index contributed by atoms with van der Waals surface area (Å²) in [7, 11) is 0. The molecule has 5 rings (SSSR count). The number of para-hydroxylation sites is 1. The van der Waals surface area contributed by atoms with E-state index in [-0.39, 0.29) is 11.9 Å². The first-order valence-corrected chi connectivity index (χ1v) is 10.7. The van der Waals surface area contributed by atoms with Crippen LogP contribution in [0.15, 0.2) is 89.5 Å². The van der Waals surface area contributed by atoms with Gasteiger partial charge in [0.2, 0.25) is 5.91 Å². The Kier molecular flexibility index (Phi) is 4.77. The summed E-state index contributed by atoms with van der Waals surface area (Å²) in [6, 6.07) is 24.0. The number of thiophene rings is 1. The van der Waals surface area contributed by atoms with Crippen LogP contribution in [0.3, 0.4) is 0 Å². The van der Waals surface area contributed by atoms with E-state index >= 15 is 0 Å². The van der Waals surface area contributed by atoms with Gasteiger partial charge in [-0.2, -0.15) is 10.2 Å². The van der Waals surface area contributed by atoms with Crippen LogP contribution in [0, 0.1) is 0 Å². The van der Waals surface area contributed by atoms with Gasteiger partial charge in [-0.1, -0.05) is 54.6 Å². The van der Waals surface area contributed by atoms with Crippen LogP contribution in [0.25, 0.3) is 16.9 Å². The molecule has 1 aliphatic heterocycles. The maximum atomic E-state index is 12.5. The number of benzene rings is 2. The summed E-state index contributed by atoms with van der Waals surface area (Å²) in [5.74, 6) is -0.0713. The van der Waals surface area contributed by atoms with Crippen molar-refractivity contribution in [2.45, 2.75) is 19.4 Å². The lowest BCUT2D eigenvalue weighted by atomic mass is 9.98. The summed E-state index contributed by atoms with van der Waals surface area (Å²) in [5, 5.41) is 13.2. The van der Waals surface area contributed by atoms with Gasteiger partial charge in [0.05, 0.1) is 28.0 Å². The van der Waals surface area contributed by atoms with Crippen LogP contribution in [0.1, 0.15) is 29.8 Å². The average Bonchev–Trinajstić information content (AvgIpc) is 3.53. The molecule has 2 aromatic heterocycles. The highest BCUT2D eigenvalue weighted by atomic mass is 32.1. The molecule has 6 heteroatoms. The fraction of sp³-hybridized carbons (Fsp3) is 0.125. The van der Waals surface area contributed by atoms with Gasteiger partial charge >= 0.3 is 0 Å². The standard InChI is InChI=1S/C24H20N4OS/c1-17(29)28-22(15-21(25-28)23-13-8-14-30-23)20-16-27(19-11-6-3-7-12-19)26-24(20)18-9-4-2-5-10-18/h2-14,16,22H,15H2,1H3/t22-/m1/s1. The molecule has 0 bridgehead atoms. The van der Waals surface area contributed by atoms with Crippen molar-refractivity contribution in [3.05, 3.63) is 94.8 Å². The van der Waals surface area contributed by atoms with Gasteiger partial charge in [0.25, 0.3) is 0 Å². The molecule has 0 aliphatic carbocycles. The number of hydrazone groups is 1. The van der Waals surface area contributed by atoms with Crippen LogP contribution < -0.4 is 0 Å². The SMILES string of the molecule is CC(=O)N1N=C(c2cccs2)C[C@@H]1c1cn(-c2ccccc2)nc1-c1ccccc1. The molecule has 2 aromatic carbocycles. The van der Waals surface area contributed by atoms with Gasteiger partial charge in [-0.05, 0) is 23.6 Å². The minimum Gasteiger partial charge on any atom is -0.273 e. The van der Waals surface area contributed by atoms with E-state index < -0.39 is 0 Å². The zero-order valence-corrected chi connectivity index (χ0v) is 17.3. The first-order valence-electron chi connectivity index (χ1n) is 9.82. The van der Waals surface area contributed by atoms with Crippen molar-refractivity contribution in [3.8, 4) is 16.9 Å². The van der Waals surface area contributed by atoms with E-state index in [1.54, 1.807) is 23.3 Å². The summed E-state index contributed by atoms with van der Waals surface area (Å²) in [5.41, 5.74) is 4.81. The smallest absolute Gasteiger partial charge is 0.240 e. The Hall–Kier alpha value is -3.51. The second-order valence-electron chi connectivity index (χ2n) is 7.19. The summed E-state index contributed by atoms with van der Waals surface area (Å²) in [6.45, 7) is 1.57. The molecule has 4 aromatic rings. The van der Waals surface area contributed by atoms with Gasteiger partial charge in [-0.25, -0.2) is 9.69 Å². The Balaban J connectivity index is 1.62. The van der Waals surface area contributed by atoms with Gasteiger partial charge in [-0.15, -0.1) is 11.3 Å². The van der Waals surface area contributed by atoms with Gasteiger partial charge in [0, 0.05) is 30.7 Å². The first kappa shape index (κ1) is 18.5. The van der Waals surface area contributed by atoms with E-state index in [9.17, 15) is 4.79 Å². The summed E-state index contributed by atoms with van der Waals surface area (Å²) in [6.07, 6.45) is 2.70. The minimum atomic E-state index is -0.188. The van der Waals surface area contributed by atoms with E-state index in [0.29, 0.717) is 6.42 Å².